The first kappa shape index (κ1) is 15.7. The zero-order valence-corrected chi connectivity index (χ0v) is 13.1. The Labute approximate surface area is 130 Å². The zero-order chi connectivity index (χ0) is 15.4. The molecule has 21 heavy (non-hydrogen) atoms. The highest BCUT2D eigenvalue weighted by Crippen LogP contribution is 2.33. The van der Waals surface area contributed by atoms with E-state index in [-0.39, 0.29) is 6.10 Å². The lowest BCUT2D eigenvalue weighted by Crippen LogP contribution is -2.07. The van der Waals surface area contributed by atoms with Crippen LogP contribution in [0.15, 0.2) is 42.5 Å². The lowest BCUT2D eigenvalue weighted by atomic mass is 10.0. The van der Waals surface area contributed by atoms with Crippen LogP contribution in [0.4, 0.5) is 0 Å². The minimum Gasteiger partial charge on any atom is -0.496 e. The third-order valence-corrected chi connectivity index (χ3v) is 3.27. The maximum atomic E-state index is 10.6. The van der Waals surface area contributed by atoms with Crippen molar-refractivity contribution >= 4 is 11.6 Å². The van der Waals surface area contributed by atoms with Crippen molar-refractivity contribution in [2.75, 3.05) is 7.11 Å². The number of methoxy groups -OCH3 is 1. The lowest BCUT2D eigenvalue weighted by Gasteiger charge is -2.17. The fourth-order valence-corrected chi connectivity index (χ4v) is 2.31. The van der Waals surface area contributed by atoms with Gasteiger partial charge in [-0.25, -0.2) is 0 Å². The zero-order valence-electron chi connectivity index (χ0n) is 12.3. The summed E-state index contributed by atoms with van der Waals surface area (Å²) in [5.74, 6) is 1.32. The van der Waals surface area contributed by atoms with Crippen LogP contribution in [0.3, 0.4) is 0 Å². The Balaban J connectivity index is 2.35. The van der Waals surface area contributed by atoms with E-state index in [4.69, 9.17) is 21.1 Å². The van der Waals surface area contributed by atoms with Crippen LogP contribution < -0.4 is 9.47 Å². The van der Waals surface area contributed by atoms with Gasteiger partial charge in [-0.15, -0.1) is 0 Å². The second kappa shape index (κ2) is 6.83. The second-order valence-corrected chi connectivity index (χ2v) is 5.46. The summed E-state index contributed by atoms with van der Waals surface area (Å²) in [6.07, 6.45) is -0.743. The molecule has 0 aliphatic heterocycles. The molecule has 0 aromatic heterocycles. The van der Waals surface area contributed by atoms with E-state index >= 15 is 0 Å². The topological polar surface area (TPSA) is 38.7 Å². The summed E-state index contributed by atoms with van der Waals surface area (Å²) >= 11 is 6.01. The Hall–Kier alpha value is -1.71. The molecule has 0 aliphatic rings. The van der Waals surface area contributed by atoms with Crippen molar-refractivity contribution in [3.8, 4) is 11.5 Å². The van der Waals surface area contributed by atoms with Gasteiger partial charge in [0.25, 0.3) is 0 Å². The van der Waals surface area contributed by atoms with Gasteiger partial charge in [0.15, 0.2) is 0 Å². The summed E-state index contributed by atoms with van der Waals surface area (Å²) in [6, 6.07) is 12.6. The molecular formula is C17H19ClO3. The van der Waals surface area contributed by atoms with E-state index < -0.39 is 6.10 Å². The molecule has 0 spiro atoms. The van der Waals surface area contributed by atoms with Crippen molar-refractivity contribution in [3.63, 3.8) is 0 Å². The molecule has 112 valence electrons. The highest BCUT2D eigenvalue weighted by Gasteiger charge is 2.16. The number of hydrogen-bond donors (Lipinski definition) is 1. The van der Waals surface area contributed by atoms with Crippen LogP contribution >= 0.6 is 11.6 Å². The van der Waals surface area contributed by atoms with E-state index in [2.05, 4.69) is 0 Å². The molecule has 2 aromatic carbocycles. The van der Waals surface area contributed by atoms with Gasteiger partial charge in [-0.3, -0.25) is 0 Å². The number of halogens is 1. The van der Waals surface area contributed by atoms with Crippen molar-refractivity contribution in [1.29, 1.82) is 0 Å². The first-order valence-electron chi connectivity index (χ1n) is 6.79. The molecule has 0 fully saturated rings. The van der Waals surface area contributed by atoms with Crippen LogP contribution in [0.5, 0.6) is 11.5 Å². The quantitative estimate of drug-likeness (QED) is 0.899. The van der Waals surface area contributed by atoms with E-state index in [1.807, 2.05) is 38.1 Å². The molecule has 0 radical (unpaired) electrons. The number of rotatable bonds is 5. The van der Waals surface area contributed by atoms with Gasteiger partial charge in [0.05, 0.1) is 13.2 Å². The molecule has 0 saturated carbocycles. The Kier molecular flexibility index (Phi) is 5.10. The summed E-state index contributed by atoms with van der Waals surface area (Å²) in [6.45, 7) is 3.92. The normalized spacial score (nSPS) is 12.3. The van der Waals surface area contributed by atoms with Crippen molar-refractivity contribution in [2.45, 2.75) is 26.1 Å². The third kappa shape index (κ3) is 3.90. The van der Waals surface area contributed by atoms with E-state index in [1.165, 1.54) is 0 Å². The van der Waals surface area contributed by atoms with Gasteiger partial charge in [0, 0.05) is 10.6 Å². The molecule has 1 unspecified atom stereocenters. The van der Waals surface area contributed by atoms with Gasteiger partial charge >= 0.3 is 0 Å². The van der Waals surface area contributed by atoms with Gasteiger partial charge in [0.1, 0.15) is 17.6 Å². The number of aliphatic hydroxyl groups is 1. The highest BCUT2D eigenvalue weighted by molar-refractivity contribution is 6.30. The van der Waals surface area contributed by atoms with Crippen LogP contribution in [-0.2, 0) is 0 Å². The van der Waals surface area contributed by atoms with E-state index in [0.29, 0.717) is 16.3 Å². The monoisotopic (exact) mass is 306 g/mol. The van der Waals surface area contributed by atoms with Crippen LogP contribution in [0.1, 0.15) is 31.1 Å². The Morgan fingerprint density at radius 1 is 1.10 bits per heavy atom. The van der Waals surface area contributed by atoms with Crippen molar-refractivity contribution in [3.05, 3.63) is 58.6 Å². The number of benzene rings is 2. The van der Waals surface area contributed by atoms with Gasteiger partial charge in [-0.05, 0) is 49.7 Å². The Morgan fingerprint density at radius 3 is 2.52 bits per heavy atom. The maximum Gasteiger partial charge on any atom is 0.125 e. The highest BCUT2D eigenvalue weighted by atomic mass is 35.5. The van der Waals surface area contributed by atoms with Crippen LogP contribution in [0.2, 0.25) is 5.02 Å². The van der Waals surface area contributed by atoms with E-state index in [9.17, 15) is 5.11 Å². The molecule has 1 atom stereocenters. The Bertz CT molecular complexity index is 611. The molecule has 4 heteroatoms. The van der Waals surface area contributed by atoms with Crippen LogP contribution in [0, 0.1) is 0 Å². The smallest absolute Gasteiger partial charge is 0.125 e. The minimum atomic E-state index is -0.825. The summed E-state index contributed by atoms with van der Waals surface area (Å²) in [5.41, 5.74) is 1.36. The first-order valence-corrected chi connectivity index (χ1v) is 7.17. The predicted octanol–water partition coefficient (Wildman–Crippen LogP) is 4.22. The standard InChI is InChI=1S/C17H19ClO3/c1-11(2)21-14-6-4-5-12(9-14)17(19)15-10-13(18)7-8-16(15)20-3/h4-11,17,19H,1-3H3. The van der Waals surface area contributed by atoms with Gasteiger partial charge in [-0.1, -0.05) is 23.7 Å². The molecular weight excluding hydrogens is 288 g/mol. The van der Waals surface area contributed by atoms with E-state index in [0.717, 1.165) is 11.3 Å². The average molecular weight is 307 g/mol. The van der Waals surface area contributed by atoms with Crippen molar-refractivity contribution in [2.24, 2.45) is 0 Å². The lowest BCUT2D eigenvalue weighted by molar-refractivity contribution is 0.211. The van der Waals surface area contributed by atoms with Gasteiger partial charge < -0.3 is 14.6 Å². The summed E-state index contributed by atoms with van der Waals surface area (Å²) in [5, 5.41) is 11.1. The molecule has 1 N–H and O–H groups in total. The van der Waals surface area contributed by atoms with Crippen LogP contribution in [-0.4, -0.2) is 18.3 Å². The fourth-order valence-electron chi connectivity index (χ4n) is 2.13. The molecule has 0 amide bonds. The van der Waals surface area contributed by atoms with Gasteiger partial charge in [0.2, 0.25) is 0 Å². The molecule has 0 saturated heterocycles. The minimum absolute atomic E-state index is 0.0816. The first-order chi connectivity index (χ1) is 10.0. The fraction of sp³-hybridized carbons (Fsp3) is 0.294. The molecule has 0 bridgehead atoms. The van der Waals surface area contributed by atoms with E-state index in [1.54, 1.807) is 25.3 Å². The second-order valence-electron chi connectivity index (χ2n) is 5.03. The summed E-state index contributed by atoms with van der Waals surface area (Å²) in [4.78, 5) is 0. The molecule has 0 heterocycles. The summed E-state index contributed by atoms with van der Waals surface area (Å²) < 4.78 is 10.9. The molecule has 3 nitrogen and oxygen atoms in total. The van der Waals surface area contributed by atoms with Crippen molar-refractivity contribution < 1.29 is 14.6 Å². The predicted molar refractivity (Wildman–Crippen MR) is 84.3 cm³/mol. The van der Waals surface area contributed by atoms with Crippen molar-refractivity contribution in [1.82, 2.24) is 0 Å². The largest absolute Gasteiger partial charge is 0.496 e. The molecule has 2 aromatic rings. The Morgan fingerprint density at radius 2 is 1.86 bits per heavy atom. The van der Waals surface area contributed by atoms with Gasteiger partial charge in [-0.2, -0.15) is 0 Å². The number of hydrogen-bond acceptors (Lipinski definition) is 3. The molecule has 0 aliphatic carbocycles. The SMILES string of the molecule is COc1ccc(Cl)cc1C(O)c1cccc(OC(C)C)c1. The van der Waals surface area contributed by atoms with Crippen LogP contribution in [0.25, 0.3) is 0 Å². The number of ether oxygens (including phenoxy) is 2. The number of aliphatic hydroxyl groups excluding tert-OH is 1. The average Bonchev–Trinajstić information content (AvgIpc) is 2.46. The summed E-state index contributed by atoms with van der Waals surface area (Å²) in [7, 11) is 1.57. The molecule has 2 rings (SSSR count). The maximum absolute atomic E-state index is 10.6. The third-order valence-electron chi connectivity index (χ3n) is 3.03.